The van der Waals surface area contributed by atoms with Crippen LogP contribution >= 0.6 is 11.3 Å². The molecule has 29 heavy (non-hydrogen) atoms. The van der Waals surface area contributed by atoms with Crippen LogP contribution in [0, 0.1) is 11.8 Å². The molecule has 6 nitrogen and oxygen atoms in total. The third-order valence-corrected chi connectivity index (χ3v) is 6.48. The molecule has 1 heterocycles. The standard InChI is InChI=1S/C22H24N2O4S/c1-12-8-16(17(22(27)28)9-13(12)2)20(26)24-21-18(19(23)25)11-15(29-21)10-14-6-4-3-5-7-14/h3-7,11,16-17H,8-10H2,1-2H3,(H2,23,25)(H,24,26)(H,27,28)/t16-,17-/m1/s1. The zero-order chi connectivity index (χ0) is 21.1. The molecule has 7 heteroatoms. The van der Waals surface area contributed by atoms with Crippen molar-refractivity contribution >= 4 is 34.1 Å². The fourth-order valence-electron chi connectivity index (χ4n) is 3.63. The Balaban J connectivity index is 1.83. The normalized spacial score (nSPS) is 19.1. The number of anilines is 1. The van der Waals surface area contributed by atoms with Crippen LogP contribution in [0.25, 0.3) is 0 Å². The van der Waals surface area contributed by atoms with Gasteiger partial charge in [-0.25, -0.2) is 0 Å². The first-order valence-electron chi connectivity index (χ1n) is 9.41. The molecule has 0 bridgehead atoms. The maximum Gasteiger partial charge on any atom is 0.307 e. The second-order valence-corrected chi connectivity index (χ2v) is 8.63. The molecule has 0 aliphatic heterocycles. The van der Waals surface area contributed by atoms with Crippen molar-refractivity contribution in [3.63, 3.8) is 0 Å². The summed E-state index contributed by atoms with van der Waals surface area (Å²) in [4.78, 5) is 37.4. The van der Waals surface area contributed by atoms with Crippen LogP contribution in [-0.4, -0.2) is 22.9 Å². The lowest BCUT2D eigenvalue weighted by Gasteiger charge is -2.29. The van der Waals surface area contributed by atoms with E-state index in [1.165, 1.54) is 11.3 Å². The minimum Gasteiger partial charge on any atom is -0.481 e. The summed E-state index contributed by atoms with van der Waals surface area (Å²) in [5.41, 5.74) is 8.89. The number of hydrogen-bond donors (Lipinski definition) is 3. The molecule has 4 N–H and O–H groups in total. The molecule has 3 rings (SSSR count). The lowest BCUT2D eigenvalue weighted by atomic mass is 9.76. The van der Waals surface area contributed by atoms with Crippen LogP contribution in [0.4, 0.5) is 5.00 Å². The van der Waals surface area contributed by atoms with E-state index < -0.39 is 23.7 Å². The number of amides is 2. The van der Waals surface area contributed by atoms with Gasteiger partial charge in [0.15, 0.2) is 0 Å². The van der Waals surface area contributed by atoms with E-state index in [0.29, 0.717) is 24.3 Å². The summed E-state index contributed by atoms with van der Waals surface area (Å²) in [6, 6.07) is 11.5. The molecule has 1 aromatic heterocycles. The average Bonchev–Trinajstić information content (AvgIpc) is 3.06. The van der Waals surface area contributed by atoms with E-state index >= 15 is 0 Å². The fraction of sp³-hybridized carbons (Fsp3) is 0.318. The predicted molar refractivity (Wildman–Crippen MR) is 113 cm³/mol. The van der Waals surface area contributed by atoms with Gasteiger partial charge in [0.2, 0.25) is 5.91 Å². The summed E-state index contributed by atoms with van der Waals surface area (Å²) in [5.74, 6) is -3.46. The van der Waals surface area contributed by atoms with Crippen molar-refractivity contribution in [1.29, 1.82) is 0 Å². The van der Waals surface area contributed by atoms with Crippen LogP contribution in [0.5, 0.6) is 0 Å². The Hall–Kier alpha value is -2.93. The van der Waals surface area contributed by atoms with E-state index in [0.717, 1.165) is 21.6 Å². The third kappa shape index (κ3) is 4.74. The molecule has 1 aromatic carbocycles. The highest BCUT2D eigenvalue weighted by Crippen LogP contribution is 2.36. The number of carbonyl (C=O) groups is 3. The van der Waals surface area contributed by atoms with E-state index in [4.69, 9.17) is 5.73 Å². The fourth-order valence-corrected chi connectivity index (χ4v) is 4.73. The SMILES string of the molecule is CC1=C(C)C[C@@H](C(=O)Nc2sc(Cc3ccccc3)cc2C(N)=O)[C@H](C(=O)O)C1. The van der Waals surface area contributed by atoms with Crippen molar-refractivity contribution in [3.8, 4) is 0 Å². The maximum absolute atomic E-state index is 12.9. The second-order valence-electron chi connectivity index (χ2n) is 7.49. The van der Waals surface area contributed by atoms with E-state index in [1.54, 1.807) is 6.07 Å². The van der Waals surface area contributed by atoms with Gasteiger partial charge in [0.1, 0.15) is 5.00 Å². The van der Waals surface area contributed by atoms with E-state index in [2.05, 4.69) is 5.32 Å². The lowest BCUT2D eigenvalue weighted by molar-refractivity contribution is -0.146. The number of carboxylic acid groups (broad SMARTS) is 1. The average molecular weight is 413 g/mol. The van der Waals surface area contributed by atoms with E-state index in [9.17, 15) is 19.5 Å². The van der Waals surface area contributed by atoms with E-state index in [1.807, 2.05) is 44.2 Å². The van der Waals surface area contributed by atoms with Gasteiger partial charge in [0.05, 0.1) is 17.4 Å². The molecule has 2 atom stereocenters. The highest BCUT2D eigenvalue weighted by Gasteiger charge is 2.37. The highest BCUT2D eigenvalue weighted by atomic mass is 32.1. The largest absolute Gasteiger partial charge is 0.481 e. The Bertz CT molecular complexity index is 978. The first-order valence-corrected chi connectivity index (χ1v) is 10.2. The molecule has 0 radical (unpaired) electrons. The van der Waals surface area contributed by atoms with Crippen LogP contribution in [0.2, 0.25) is 0 Å². The number of thiophene rings is 1. The summed E-state index contributed by atoms with van der Waals surface area (Å²) < 4.78 is 0. The highest BCUT2D eigenvalue weighted by molar-refractivity contribution is 7.16. The van der Waals surface area contributed by atoms with Gasteiger partial charge < -0.3 is 16.2 Å². The number of nitrogens with one attached hydrogen (secondary N) is 1. The lowest BCUT2D eigenvalue weighted by Crippen LogP contribution is -2.36. The van der Waals surface area contributed by atoms with Crippen molar-refractivity contribution < 1.29 is 19.5 Å². The van der Waals surface area contributed by atoms with E-state index in [-0.39, 0.29) is 11.5 Å². The molecule has 0 saturated heterocycles. The quantitative estimate of drug-likeness (QED) is 0.627. The van der Waals surface area contributed by atoms with Gasteiger partial charge in [-0.1, -0.05) is 41.5 Å². The number of allylic oxidation sites excluding steroid dienone is 2. The zero-order valence-corrected chi connectivity index (χ0v) is 17.2. The molecular weight excluding hydrogens is 388 g/mol. The van der Waals surface area contributed by atoms with Gasteiger partial charge >= 0.3 is 5.97 Å². The van der Waals surface area contributed by atoms with Gasteiger partial charge in [0.25, 0.3) is 5.91 Å². The Morgan fingerprint density at radius 3 is 2.31 bits per heavy atom. The predicted octanol–water partition coefficient (Wildman–Crippen LogP) is 3.82. The van der Waals surface area contributed by atoms with Crippen molar-refractivity contribution in [1.82, 2.24) is 0 Å². The molecular formula is C22H24N2O4S. The Morgan fingerprint density at radius 2 is 1.72 bits per heavy atom. The third-order valence-electron chi connectivity index (χ3n) is 5.43. The number of nitrogens with two attached hydrogens (primary N) is 1. The summed E-state index contributed by atoms with van der Waals surface area (Å²) >= 11 is 1.29. The molecule has 2 amide bonds. The molecule has 0 fully saturated rings. The second kappa shape index (κ2) is 8.61. The van der Waals surface area contributed by atoms with Gasteiger partial charge in [-0.3, -0.25) is 14.4 Å². The smallest absolute Gasteiger partial charge is 0.307 e. The monoisotopic (exact) mass is 412 g/mol. The zero-order valence-electron chi connectivity index (χ0n) is 16.4. The van der Waals surface area contributed by atoms with Crippen LogP contribution in [0.15, 0.2) is 47.5 Å². The van der Waals surface area contributed by atoms with Crippen molar-refractivity contribution in [3.05, 3.63) is 63.5 Å². The molecule has 0 spiro atoms. The summed E-state index contributed by atoms with van der Waals surface area (Å²) in [6.07, 6.45) is 1.36. The first-order chi connectivity index (χ1) is 13.8. The number of hydrogen-bond acceptors (Lipinski definition) is 4. The summed E-state index contributed by atoms with van der Waals surface area (Å²) in [5, 5.41) is 12.7. The number of carboxylic acids is 1. The van der Waals surface area contributed by atoms with Crippen LogP contribution in [0.1, 0.15) is 47.5 Å². The Labute approximate surface area is 173 Å². The van der Waals surface area contributed by atoms with Crippen molar-refractivity contribution in [2.45, 2.75) is 33.1 Å². The minimum absolute atomic E-state index is 0.250. The number of benzene rings is 1. The van der Waals surface area contributed by atoms with Gasteiger partial charge in [-0.05, 0) is 38.3 Å². The van der Waals surface area contributed by atoms with Crippen molar-refractivity contribution in [2.24, 2.45) is 17.6 Å². The minimum atomic E-state index is -0.983. The van der Waals surface area contributed by atoms with Gasteiger partial charge in [-0.2, -0.15) is 0 Å². The number of carbonyl (C=O) groups excluding carboxylic acids is 2. The molecule has 0 unspecified atom stereocenters. The van der Waals surface area contributed by atoms with Crippen molar-refractivity contribution in [2.75, 3.05) is 5.32 Å². The summed E-state index contributed by atoms with van der Waals surface area (Å²) in [7, 11) is 0. The number of aliphatic carboxylic acids is 1. The van der Waals surface area contributed by atoms with Gasteiger partial charge in [-0.15, -0.1) is 11.3 Å². The molecule has 1 aliphatic carbocycles. The number of rotatable bonds is 6. The molecule has 0 saturated carbocycles. The molecule has 152 valence electrons. The van der Waals surface area contributed by atoms with Crippen LogP contribution < -0.4 is 11.1 Å². The topological polar surface area (TPSA) is 109 Å². The summed E-state index contributed by atoms with van der Waals surface area (Å²) in [6.45, 7) is 3.82. The Morgan fingerprint density at radius 1 is 1.10 bits per heavy atom. The number of primary amides is 1. The Kier molecular flexibility index (Phi) is 6.17. The maximum atomic E-state index is 12.9. The molecule has 2 aromatic rings. The first kappa shape index (κ1) is 20.8. The van der Waals surface area contributed by atoms with Gasteiger partial charge in [0, 0.05) is 11.3 Å². The molecule has 1 aliphatic rings. The van der Waals surface area contributed by atoms with Crippen LogP contribution in [0.3, 0.4) is 0 Å². The van der Waals surface area contributed by atoms with Crippen LogP contribution in [-0.2, 0) is 16.0 Å².